The van der Waals surface area contributed by atoms with Gasteiger partial charge in [0.15, 0.2) is 0 Å². The van der Waals surface area contributed by atoms with Gasteiger partial charge in [0.1, 0.15) is 6.73 Å². The van der Waals surface area contributed by atoms with Gasteiger partial charge >= 0.3 is 5.69 Å². The Morgan fingerprint density at radius 3 is 2.63 bits per heavy atom. The maximum Gasteiger partial charge on any atom is 0.331 e. The zero-order valence-electron chi connectivity index (χ0n) is 11.1. The largest absolute Gasteiger partial charge is 0.364 e. The second kappa shape index (κ2) is 5.19. The molecule has 0 aliphatic carbocycles. The first-order valence-electron chi connectivity index (χ1n) is 6.72. The lowest BCUT2D eigenvalue weighted by Crippen LogP contribution is -2.35. The Hall–Kier alpha value is -1.59. The summed E-state index contributed by atoms with van der Waals surface area (Å²) in [4.78, 5) is 12.6. The minimum atomic E-state index is 0.0370. The fraction of sp³-hybridized carbons (Fsp3) is 0.500. The van der Waals surface area contributed by atoms with Gasteiger partial charge in [0.05, 0.1) is 11.0 Å². The molecule has 102 valence electrons. The van der Waals surface area contributed by atoms with Crippen LogP contribution in [0.3, 0.4) is 0 Å². The highest BCUT2D eigenvalue weighted by atomic mass is 16.5. The number of benzene rings is 1. The van der Waals surface area contributed by atoms with E-state index in [0.29, 0.717) is 6.73 Å². The lowest BCUT2D eigenvalue weighted by atomic mass is 10.1. The number of methoxy groups -OCH3 is 1. The summed E-state index contributed by atoms with van der Waals surface area (Å²) in [5, 5.41) is 3.34. The van der Waals surface area contributed by atoms with Crippen LogP contribution in [0.4, 0.5) is 0 Å². The average Bonchev–Trinajstić information content (AvgIpc) is 2.73. The Kier molecular flexibility index (Phi) is 3.40. The summed E-state index contributed by atoms with van der Waals surface area (Å²) < 4.78 is 8.80. The monoisotopic (exact) mass is 261 g/mol. The summed E-state index contributed by atoms with van der Waals surface area (Å²) in [6, 6.07) is 8.23. The van der Waals surface area contributed by atoms with Crippen molar-refractivity contribution in [3.05, 3.63) is 34.7 Å². The molecule has 1 N–H and O–H groups in total. The number of hydrogen-bond donors (Lipinski definition) is 1. The van der Waals surface area contributed by atoms with Crippen LogP contribution in [0.2, 0.25) is 0 Å². The maximum absolute atomic E-state index is 12.6. The molecule has 1 saturated heterocycles. The third-order valence-corrected chi connectivity index (χ3v) is 3.80. The summed E-state index contributed by atoms with van der Waals surface area (Å²) in [6.45, 7) is 2.25. The second-order valence-corrected chi connectivity index (χ2v) is 4.97. The smallest absolute Gasteiger partial charge is 0.331 e. The lowest BCUT2D eigenvalue weighted by molar-refractivity contribution is 0.130. The van der Waals surface area contributed by atoms with Gasteiger partial charge in [-0.05, 0) is 38.1 Å². The molecule has 1 aromatic heterocycles. The molecule has 1 aliphatic rings. The molecule has 0 amide bonds. The van der Waals surface area contributed by atoms with Crippen LogP contribution < -0.4 is 11.0 Å². The van der Waals surface area contributed by atoms with E-state index in [1.807, 2.05) is 28.8 Å². The van der Waals surface area contributed by atoms with E-state index in [4.69, 9.17) is 4.74 Å². The molecule has 19 heavy (non-hydrogen) atoms. The number of ether oxygens (including phenoxy) is 1. The van der Waals surface area contributed by atoms with E-state index in [9.17, 15) is 4.79 Å². The number of hydrogen-bond acceptors (Lipinski definition) is 3. The number of para-hydroxylation sites is 2. The van der Waals surface area contributed by atoms with Gasteiger partial charge in [-0.2, -0.15) is 0 Å². The van der Waals surface area contributed by atoms with Gasteiger partial charge in [0, 0.05) is 13.2 Å². The topological polar surface area (TPSA) is 48.2 Å². The third kappa shape index (κ3) is 2.09. The summed E-state index contributed by atoms with van der Waals surface area (Å²) in [5.41, 5.74) is 2.00. The molecule has 0 unspecified atom stereocenters. The standard InChI is InChI=1S/C14H19N3O2/c1-19-10-16-12-4-2-3-5-13(12)17(14(16)18)11-6-8-15-9-7-11/h2-5,11,15H,6-10H2,1H3. The molecule has 2 heterocycles. The van der Waals surface area contributed by atoms with E-state index in [1.165, 1.54) is 0 Å². The lowest BCUT2D eigenvalue weighted by Gasteiger charge is -2.23. The van der Waals surface area contributed by atoms with Crippen molar-refractivity contribution in [2.75, 3.05) is 20.2 Å². The fourth-order valence-electron chi connectivity index (χ4n) is 2.90. The fourth-order valence-corrected chi connectivity index (χ4v) is 2.90. The van der Waals surface area contributed by atoms with Crippen molar-refractivity contribution in [2.24, 2.45) is 0 Å². The predicted molar refractivity (Wildman–Crippen MR) is 74.3 cm³/mol. The first kappa shape index (κ1) is 12.4. The van der Waals surface area contributed by atoms with Crippen molar-refractivity contribution in [1.29, 1.82) is 0 Å². The Morgan fingerprint density at radius 2 is 1.95 bits per heavy atom. The molecule has 0 saturated carbocycles. The van der Waals surface area contributed by atoms with E-state index in [1.54, 1.807) is 11.7 Å². The van der Waals surface area contributed by atoms with E-state index in [0.717, 1.165) is 37.0 Å². The van der Waals surface area contributed by atoms with Crippen LogP contribution in [0.15, 0.2) is 29.1 Å². The van der Waals surface area contributed by atoms with Crippen LogP contribution in [-0.2, 0) is 11.5 Å². The van der Waals surface area contributed by atoms with Gasteiger partial charge < -0.3 is 10.1 Å². The first-order valence-corrected chi connectivity index (χ1v) is 6.72. The van der Waals surface area contributed by atoms with Crippen molar-refractivity contribution in [3.8, 4) is 0 Å². The van der Waals surface area contributed by atoms with Crippen molar-refractivity contribution in [1.82, 2.24) is 14.5 Å². The highest BCUT2D eigenvalue weighted by Gasteiger charge is 2.21. The van der Waals surface area contributed by atoms with Crippen LogP contribution in [-0.4, -0.2) is 29.3 Å². The number of rotatable bonds is 3. The molecular formula is C14H19N3O2. The van der Waals surface area contributed by atoms with Crippen LogP contribution in [0.5, 0.6) is 0 Å². The predicted octanol–water partition coefficient (Wildman–Crippen LogP) is 1.33. The Morgan fingerprint density at radius 1 is 1.26 bits per heavy atom. The van der Waals surface area contributed by atoms with Gasteiger partial charge in [-0.25, -0.2) is 4.79 Å². The number of fused-ring (bicyclic) bond motifs is 1. The SMILES string of the molecule is COCn1c(=O)n(C2CCNCC2)c2ccccc21. The molecular weight excluding hydrogens is 242 g/mol. The van der Waals surface area contributed by atoms with E-state index >= 15 is 0 Å². The molecule has 3 rings (SSSR count). The summed E-state index contributed by atoms with van der Waals surface area (Å²) >= 11 is 0. The van der Waals surface area contributed by atoms with Crippen LogP contribution >= 0.6 is 0 Å². The molecule has 0 atom stereocenters. The minimum Gasteiger partial charge on any atom is -0.364 e. The zero-order chi connectivity index (χ0) is 13.2. The van der Waals surface area contributed by atoms with Crippen molar-refractivity contribution in [2.45, 2.75) is 25.6 Å². The molecule has 2 aromatic rings. The van der Waals surface area contributed by atoms with Gasteiger partial charge in [-0.1, -0.05) is 12.1 Å². The van der Waals surface area contributed by atoms with Gasteiger partial charge in [0.25, 0.3) is 0 Å². The molecule has 0 spiro atoms. The van der Waals surface area contributed by atoms with Crippen LogP contribution in [0.1, 0.15) is 18.9 Å². The van der Waals surface area contributed by atoms with E-state index in [-0.39, 0.29) is 11.7 Å². The highest BCUT2D eigenvalue weighted by molar-refractivity contribution is 5.76. The molecule has 0 radical (unpaired) electrons. The van der Waals surface area contributed by atoms with E-state index in [2.05, 4.69) is 5.32 Å². The maximum atomic E-state index is 12.6. The van der Waals surface area contributed by atoms with Crippen LogP contribution in [0, 0.1) is 0 Å². The van der Waals surface area contributed by atoms with Gasteiger partial charge in [-0.3, -0.25) is 9.13 Å². The Bertz CT molecular complexity index is 623. The number of piperidine rings is 1. The summed E-state index contributed by atoms with van der Waals surface area (Å²) in [6.07, 6.45) is 2.00. The van der Waals surface area contributed by atoms with Gasteiger partial charge in [0.2, 0.25) is 0 Å². The Labute approximate surface area is 111 Å². The quantitative estimate of drug-likeness (QED) is 0.907. The Balaban J connectivity index is 2.17. The molecule has 1 fully saturated rings. The zero-order valence-corrected chi connectivity index (χ0v) is 11.1. The second-order valence-electron chi connectivity index (χ2n) is 4.97. The molecule has 1 aliphatic heterocycles. The first-order chi connectivity index (χ1) is 9.33. The highest BCUT2D eigenvalue weighted by Crippen LogP contribution is 2.23. The summed E-state index contributed by atoms with van der Waals surface area (Å²) in [7, 11) is 1.61. The molecule has 1 aromatic carbocycles. The van der Waals surface area contributed by atoms with Gasteiger partial charge in [-0.15, -0.1) is 0 Å². The number of nitrogens with one attached hydrogen (secondary N) is 1. The van der Waals surface area contributed by atoms with Crippen molar-refractivity contribution in [3.63, 3.8) is 0 Å². The third-order valence-electron chi connectivity index (χ3n) is 3.80. The summed E-state index contributed by atoms with van der Waals surface area (Å²) in [5.74, 6) is 0. The average molecular weight is 261 g/mol. The van der Waals surface area contributed by atoms with Crippen molar-refractivity contribution >= 4 is 11.0 Å². The number of imidazole rings is 1. The normalized spacial score (nSPS) is 17.1. The molecule has 0 bridgehead atoms. The van der Waals surface area contributed by atoms with Crippen LogP contribution in [0.25, 0.3) is 11.0 Å². The number of nitrogens with zero attached hydrogens (tertiary/aromatic N) is 2. The minimum absolute atomic E-state index is 0.0370. The number of aromatic nitrogens is 2. The molecule has 5 heteroatoms. The van der Waals surface area contributed by atoms with Crippen molar-refractivity contribution < 1.29 is 4.74 Å². The van der Waals surface area contributed by atoms with E-state index < -0.39 is 0 Å². The molecule has 5 nitrogen and oxygen atoms in total.